The molecule has 0 saturated carbocycles. The molecule has 0 amide bonds. The largest absolute Gasteiger partial charge is 0.193 e. The normalized spacial score (nSPS) is 3.00. The number of rotatable bonds is 0. The van der Waals surface area contributed by atoms with Crippen LogP contribution in [0.15, 0.2) is 12.7 Å². The van der Waals surface area contributed by atoms with E-state index in [4.69, 9.17) is 5.26 Å². The van der Waals surface area contributed by atoms with E-state index in [1.165, 1.54) is 6.08 Å². The van der Waals surface area contributed by atoms with Crippen molar-refractivity contribution in [3.8, 4) is 6.07 Å². The molecule has 0 rings (SSSR count). The van der Waals surface area contributed by atoms with Gasteiger partial charge in [-0.25, -0.2) is 0 Å². The van der Waals surface area contributed by atoms with Gasteiger partial charge in [-0.05, 0) is 0 Å². The van der Waals surface area contributed by atoms with Crippen LogP contribution in [-0.2, 0) is 21.7 Å². The van der Waals surface area contributed by atoms with Crippen LogP contribution < -0.4 is 0 Å². The summed E-state index contributed by atoms with van der Waals surface area (Å²) in [6, 6.07) is 1.69. The van der Waals surface area contributed by atoms with Gasteiger partial charge >= 0.3 is 0 Å². The summed E-state index contributed by atoms with van der Waals surface area (Å²) in [7, 11) is 0. The van der Waals surface area contributed by atoms with Gasteiger partial charge in [0.25, 0.3) is 0 Å². The molecule has 0 saturated heterocycles. The fraction of sp³-hybridized carbons (Fsp3) is 0. The summed E-state index contributed by atoms with van der Waals surface area (Å²) in [5, 5.41) is 7.51. The van der Waals surface area contributed by atoms with Crippen LogP contribution in [0.25, 0.3) is 0 Å². The Bertz CT molecular complexity index is 52.4. The van der Waals surface area contributed by atoms with Crippen molar-refractivity contribution in [1.82, 2.24) is 0 Å². The maximum atomic E-state index is 7.51. The van der Waals surface area contributed by atoms with Gasteiger partial charge in [0.05, 0.1) is 6.07 Å². The maximum Gasteiger partial charge on any atom is 0.0905 e. The molecule has 0 heterocycles. The summed E-state index contributed by atoms with van der Waals surface area (Å²) in [6.45, 7) is 3.12. The van der Waals surface area contributed by atoms with E-state index in [-0.39, 0.29) is 21.7 Å². The average molecular weight is 101 g/mol. The Kier molecular flexibility index (Phi) is 16.1. The standard InChI is InChI=1S/C3H3N.Ti/c1-2-3-4;/h2H,1H2;. The van der Waals surface area contributed by atoms with E-state index >= 15 is 0 Å². The molecule has 5 heavy (non-hydrogen) atoms. The molecule has 0 bridgehead atoms. The molecular formula is C3H3NTi. The van der Waals surface area contributed by atoms with E-state index in [1.807, 2.05) is 0 Å². The van der Waals surface area contributed by atoms with Gasteiger partial charge in [0.15, 0.2) is 0 Å². The van der Waals surface area contributed by atoms with Crippen LogP contribution in [0.3, 0.4) is 0 Å². The average Bonchev–Trinajstić information content (AvgIpc) is 1.37. The molecule has 0 aromatic rings. The third kappa shape index (κ3) is 16.7. The van der Waals surface area contributed by atoms with Crippen LogP contribution in [0, 0.1) is 11.3 Å². The van der Waals surface area contributed by atoms with E-state index < -0.39 is 0 Å². The number of hydrogen-bond donors (Lipinski definition) is 0. The van der Waals surface area contributed by atoms with Crippen molar-refractivity contribution in [2.45, 2.75) is 0 Å². The van der Waals surface area contributed by atoms with Crippen LogP contribution >= 0.6 is 0 Å². The quantitative estimate of drug-likeness (QED) is 0.325. The first-order valence-electron chi connectivity index (χ1n) is 0.921. The molecule has 0 unspecified atom stereocenters. The monoisotopic (exact) mass is 101 g/mol. The van der Waals surface area contributed by atoms with E-state index in [1.54, 1.807) is 6.07 Å². The molecule has 2 heteroatoms. The summed E-state index contributed by atoms with van der Waals surface area (Å²) in [6.07, 6.45) is 1.18. The minimum Gasteiger partial charge on any atom is -0.193 e. The molecule has 1 nitrogen and oxygen atoms in total. The van der Waals surface area contributed by atoms with Gasteiger partial charge in [0.1, 0.15) is 0 Å². The first-order valence-corrected chi connectivity index (χ1v) is 0.921. The van der Waals surface area contributed by atoms with Crippen molar-refractivity contribution in [1.29, 1.82) is 5.26 Å². The van der Waals surface area contributed by atoms with Gasteiger partial charge in [-0.15, -0.1) is 0 Å². The Morgan fingerprint density at radius 2 is 2.00 bits per heavy atom. The van der Waals surface area contributed by atoms with Crippen molar-refractivity contribution < 1.29 is 21.7 Å². The molecule has 0 N–H and O–H groups in total. The van der Waals surface area contributed by atoms with Crippen molar-refractivity contribution in [2.24, 2.45) is 0 Å². The number of allylic oxidation sites excluding steroid dienone is 1. The Morgan fingerprint density at radius 1 is 1.80 bits per heavy atom. The van der Waals surface area contributed by atoms with Gasteiger partial charge in [-0.2, -0.15) is 5.26 Å². The second kappa shape index (κ2) is 9.04. The van der Waals surface area contributed by atoms with E-state index in [2.05, 4.69) is 6.58 Å². The van der Waals surface area contributed by atoms with Gasteiger partial charge < -0.3 is 0 Å². The van der Waals surface area contributed by atoms with Crippen LogP contribution in [-0.4, -0.2) is 0 Å². The Balaban J connectivity index is 0. The molecule has 0 atom stereocenters. The van der Waals surface area contributed by atoms with E-state index in [9.17, 15) is 0 Å². The first-order chi connectivity index (χ1) is 1.91. The predicted molar refractivity (Wildman–Crippen MR) is 15.8 cm³/mol. The summed E-state index contributed by atoms with van der Waals surface area (Å²) in [5.41, 5.74) is 0. The van der Waals surface area contributed by atoms with E-state index in [0.29, 0.717) is 0 Å². The predicted octanol–water partition coefficient (Wildman–Crippen LogP) is 0.693. The third-order valence-corrected chi connectivity index (χ3v) is 0.0913. The summed E-state index contributed by atoms with van der Waals surface area (Å²) >= 11 is 0. The zero-order chi connectivity index (χ0) is 3.41. The maximum absolute atomic E-state index is 7.51. The molecule has 0 fully saturated rings. The second-order valence-corrected chi connectivity index (χ2v) is 0.333. The molecule has 0 spiro atoms. The molecule has 24 valence electrons. The minimum atomic E-state index is 0. The topological polar surface area (TPSA) is 23.8 Å². The van der Waals surface area contributed by atoms with Crippen molar-refractivity contribution >= 4 is 0 Å². The van der Waals surface area contributed by atoms with Crippen molar-refractivity contribution in [2.75, 3.05) is 0 Å². The molecular weight excluding hydrogens is 97.9 g/mol. The molecule has 0 aromatic heterocycles. The minimum absolute atomic E-state index is 0. The molecule has 0 aromatic carbocycles. The molecule has 0 aliphatic carbocycles. The SMILES string of the molecule is C=CC#N.[Ti]. The van der Waals surface area contributed by atoms with Gasteiger partial charge in [-0.3, -0.25) is 0 Å². The summed E-state index contributed by atoms with van der Waals surface area (Å²) in [5.74, 6) is 0. The molecule has 0 aliphatic rings. The number of nitrogens with zero attached hydrogens (tertiary/aromatic N) is 1. The summed E-state index contributed by atoms with van der Waals surface area (Å²) in [4.78, 5) is 0. The van der Waals surface area contributed by atoms with Gasteiger partial charge in [0.2, 0.25) is 0 Å². The first kappa shape index (κ1) is 8.87. The van der Waals surface area contributed by atoms with Gasteiger partial charge in [0, 0.05) is 27.8 Å². The van der Waals surface area contributed by atoms with Crippen LogP contribution in [0.2, 0.25) is 0 Å². The van der Waals surface area contributed by atoms with Crippen molar-refractivity contribution in [3.05, 3.63) is 12.7 Å². The van der Waals surface area contributed by atoms with Crippen LogP contribution in [0.4, 0.5) is 0 Å². The Hall–Kier alpha value is -0.0557. The molecule has 0 radical (unpaired) electrons. The molecule has 0 aliphatic heterocycles. The van der Waals surface area contributed by atoms with Crippen LogP contribution in [0.5, 0.6) is 0 Å². The third-order valence-electron chi connectivity index (χ3n) is 0.0913. The van der Waals surface area contributed by atoms with E-state index in [0.717, 1.165) is 0 Å². The summed E-state index contributed by atoms with van der Waals surface area (Å²) < 4.78 is 0. The fourth-order valence-electron chi connectivity index (χ4n) is 0. The smallest absolute Gasteiger partial charge is 0.0905 e. The number of nitriles is 1. The van der Waals surface area contributed by atoms with Gasteiger partial charge in [-0.1, -0.05) is 6.58 Å². The zero-order valence-electron chi connectivity index (χ0n) is 2.73. The van der Waals surface area contributed by atoms with Crippen molar-refractivity contribution in [3.63, 3.8) is 0 Å². The zero-order valence-corrected chi connectivity index (χ0v) is 4.29. The number of hydrogen-bond acceptors (Lipinski definition) is 1. The Morgan fingerprint density at radius 3 is 2.00 bits per heavy atom. The van der Waals surface area contributed by atoms with Crippen LogP contribution in [0.1, 0.15) is 0 Å². The fourth-order valence-corrected chi connectivity index (χ4v) is 0. The second-order valence-electron chi connectivity index (χ2n) is 0.333. The Labute approximate surface area is 46.2 Å².